The molecule has 0 aliphatic heterocycles. The monoisotopic (exact) mass is 282 g/mol. The van der Waals surface area contributed by atoms with Gasteiger partial charge in [0.2, 0.25) is 10.0 Å². The van der Waals surface area contributed by atoms with Crippen LogP contribution in [0, 0.1) is 11.8 Å². The van der Waals surface area contributed by atoms with Gasteiger partial charge in [-0.2, -0.15) is 0 Å². The summed E-state index contributed by atoms with van der Waals surface area (Å²) < 4.78 is 31.8. The van der Waals surface area contributed by atoms with E-state index in [1.54, 1.807) is 25.1 Å². The van der Waals surface area contributed by atoms with E-state index in [0.717, 1.165) is 0 Å². The topological polar surface area (TPSA) is 81.4 Å². The van der Waals surface area contributed by atoms with Crippen molar-refractivity contribution in [2.24, 2.45) is 5.73 Å². The van der Waals surface area contributed by atoms with Crippen molar-refractivity contribution < 1.29 is 13.2 Å². The van der Waals surface area contributed by atoms with E-state index in [9.17, 15) is 8.42 Å². The van der Waals surface area contributed by atoms with Crippen LogP contribution in [0.5, 0.6) is 0 Å². The number of rotatable bonds is 5. The van der Waals surface area contributed by atoms with Crippen LogP contribution in [-0.2, 0) is 14.8 Å². The average Bonchev–Trinajstić information content (AvgIpc) is 2.42. The van der Waals surface area contributed by atoms with Crippen LogP contribution >= 0.6 is 0 Å². The lowest BCUT2D eigenvalue weighted by atomic mass is 10.2. The normalized spacial score (nSPS) is 12.6. The minimum atomic E-state index is -3.60. The molecule has 0 spiro atoms. The molecule has 6 heteroatoms. The third-order valence-electron chi connectivity index (χ3n) is 2.46. The molecule has 0 amide bonds. The van der Waals surface area contributed by atoms with E-state index in [2.05, 4.69) is 16.6 Å². The molecule has 0 fully saturated rings. The first kappa shape index (κ1) is 15.7. The minimum Gasteiger partial charge on any atom is -0.380 e. The highest BCUT2D eigenvalue weighted by Gasteiger charge is 2.17. The SMILES string of the molecule is COC(C)CNS(=O)(=O)c1ccccc1C#CCN. The van der Waals surface area contributed by atoms with E-state index in [4.69, 9.17) is 10.5 Å². The molecule has 0 bridgehead atoms. The van der Waals surface area contributed by atoms with Gasteiger partial charge in [-0.3, -0.25) is 0 Å². The van der Waals surface area contributed by atoms with Gasteiger partial charge < -0.3 is 10.5 Å². The summed E-state index contributed by atoms with van der Waals surface area (Å²) in [5, 5.41) is 0. The highest BCUT2D eigenvalue weighted by molar-refractivity contribution is 7.89. The Kier molecular flexibility index (Phi) is 5.99. The highest BCUT2D eigenvalue weighted by atomic mass is 32.2. The van der Waals surface area contributed by atoms with Gasteiger partial charge in [0.05, 0.1) is 17.5 Å². The Morgan fingerprint density at radius 3 is 2.74 bits per heavy atom. The van der Waals surface area contributed by atoms with Crippen molar-refractivity contribution >= 4 is 10.0 Å². The van der Waals surface area contributed by atoms with E-state index in [1.165, 1.54) is 13.2 Å². The van der Waals surface area contributed by atoms with Gasteiger partial charge in [0.25, 0.3) is 0 Å². The summed E-state index contributed by atoms with van der Waals surface area (Å²) in [6.45, 7) is 2.17. The summed E-state index contributed by atoms with van der Waals surface area (Å²) in [6, 6.07) is 6.55. The van der Waals surface area contributed by atoms with Gasteiger partial charge in [0.15, 0.2) is 0 Å². The first-order valence-electron chi connectivity index (χ1n) is 5.81. The smallest absolute Gasteiger partial charge is 0.241 e. The molecular formula is C13H18N2O3S. The number of benzene rings is 1. The molecule has 1 aromatic rings. The van der Waals surface area contributed by atoms with E-state index < -0.39 is 10.0 Å². The van der Waals surface area contributed by atoms with Gasteiger partial charge in [-0.15, -0.1) is 0 Å². The number of sulfonamides is 1. The fraction of sp³-hybridized carbons (Fsp3) is 0.385. The zero-order valence-electron chi connectivity index (χ0n) is 11.0. The van der Waals surface area contributed by atoms with Crippen molar-refractivity contribution in [3.8, 4) is 11.8 Å². The molecule has 0 aromatic heterocycles. The summed E-state index contributed by atoms with van der Waals surface area (Å²) in [4.78, 5) is 0.152. The van der Waals surface area contributed by atoms with Crippen LogP contribution < -0.4 is 10.5 Å². The zero-order chi connectivity index (χ0) is 14.3. The molecule has 1 aromatic carbocycles. The van der Waals surface area contributed by atoms with Crippen LogP contribution in [0.3, 0.4) is 0 Å². The van der Waals surface area contributed by atoms with Crippen LogP contribution in [0.15, 0.2) is 29.2 Å². The molecule has 1 atom stereocenters. The predicted octanol–water partition coefficient (Wildman–Crippen LogP) is 0.310. The molecule has 0 saturated heterocycles. The largest absolute Gasteiger partial charge is 0.380 e. The van der Waals surface area contributed by atoms with Gasteiger partial charge in [0.1, 0.15) is 0 Å². The lowest BCUT2D eigenvalue weighted by Gasteiger charge is -2.12. The van der Waals surface area contributed by atoms with E-state index in [-0.39, 0.29) is 24.1 Å². The molecule has 1 unspecified atom stereocenters. The number of hydrogen-bond donors (Lipinski definition) is 2. The lowest BCUT2D eigenvalue weighted by molar-refractivity contribution is 0.122. The van der Waals surface area contributed by atoms with Crippen LogP contribution in [0.25, 0.3) is 0 Å². The maximum atomic E-state index is 12.2. The van der Waals surface area contributed by atoms with E-state index >= 15 is 0 Å². The molecule has 0 saturated carbocycles. The zero-order valence-corrected chi connectivity index (χ0v) is 11.8. The van der Waals surface area contributed by atoms with Crippen molar-refractivity contribution in [1.29, 1.82) is 0 Å². The molecule has 0 aliphatic carbocycles. The first-order chi connectivity index (χ1) is 9.01. The third-order valence-corrected chi connectivity index (χ3v) is 3.95. The summed E-state index contributed by atoms with van der Waals surface area (Å²) in [5.74, 6) is 5.41. The fourth-order valence-corrected chi connectivity index (χ4v) is 2.61. The molecule has 0 aliphatic rings. The Morgan fingerprint density at radius 1 is 1.42 bits per heavy atom. The minimum absolute atomic E-state index is 0.152. The fourth-order valence-electron chi connectivity index (χ4n) is 1.34. The lowest BCUT2D eigenvalue weighted by Crippen LogP contribution is -2.32. The first-order valence-corrected chi connectivity index (χ1v) is 7.30. The van der Waals surface area contributed by atoms with Crippen LogP contribution in [0.2, 0.25) is 0 Å². The molecule has 1 rings (SSSR count). The molecule has 5 nitrogen and oxygen atoms in total. The van der Waals surface area contributed by atoms with Crippen molar-refractivity contribution in [1.82, 2.24) is 4.72 Å². The van der Waals surface area contributed by atoms with Gasteiger partial charge in [-0.25, -0.2) is 13.1 Å². The quantitative estimate of drug-likeness (QED) is 0.762. The molecule has 19 heavy (non-hydrogen) atoms. The molecular weight excluding hydrogens is 264 g/mol. The predicted molar refractivity (Wildman–Crippen MR) is 74.0 cm³/mol. The second-order valence-corrected chi connectivity index (χ2v) is 5.64. The second-order valence-electron chi connectivity index (χ2n) is 3.90. The van der Waals surface area contributed by atoms with Crippen molar-refractivity contribution in [3.63, 3.8) is 0 Å². The van der Waals surface area contributed by atoms with Crippen LogP contribution in [-0.4, -0.2) is 34.7 Å². The summed E-state index contributed by atoms with van der Waals surface area (Å²) in [5.41, 5.74) is 5.73. The van der Waals surface area contributed by atoms with Crippen molar-refractivity contribution in [2.45, 2.75) is 17.9 Å². The maximum Gasteiger partial charge on any atom is 0.241 e. The Morgan fingerprint density at radius 2 is 2.11 bits per heavy atom. The summed E-state index contributed by atoms with van der Waals surface area (Å²) >= 11 is 0. The average molecular weight is 282 g/mol. The Bertz CT molecular complexity index is 573. The van der Waals surface area contributed by atoms with Gasteiger partial charge in [-0.05, 0) is 19.1 Å². The Balaban J connectivity index is 3.01. The number of ether oxygens (including phenoxy) is 1. The van der Waals surface area contributed by atoms with E-state index in [0.29, 0.717) is 5.56 Å². The van der Waals surface area contributed by atoms with Crippen LogP contribution in [0.1, 0.15) is 12.5 Å². The highest BCUT2D eigenvalue weighted by Crippen LogP contribution is 2.14. The second kappa shape index (κ2) is 7.26. The van der Waals surface area contributed by atoms with Crippen molar-refractivity contribution in [3.05, 3.63) is 29.8 Å². The van der Waals surface area contributed by atoms with Crippen LogP contribution in [0.4, 0.5) is 0 Å². The van der Waals surface area contributed by atoms with Gasteiger partial charge in [-0.1, -0.05) is 24.0 Å². The number of hydrogen-bond acceptors (Lipinski definition) is 4. The summed E-state index contributed by atoms with van der Waals surface area (Å²) in [6.07, 6.45) is -0.197. The molecule has 0 radical (unpaired) electrons. The molecule has 0 heterocycles. The number of nitrogens with two attached hydrogens (primary N) is 1. The van der Waals surface area contributed by atoms with E-state index in [1.807, 2.05) is 0 Å². The summed E-state index contributed by atoms with van der Waals surface area (Å²) in [7, 11) is -2.07. The maximum absolute atomic E-state index is 12.2. The van der Waals surface area contributed by atoms with Gasteiger partial charge >= 0.3 is 0 Å². The standard InChI is InChI=1S/C13H18N2O3S/c1-11(18-2)10-15-19(16,17)13-8-4-3-6-12(13)7-5-9-14/h3-4,6,8,11,15H,9-10,14H2,1-2H3. The Hall–Kier alpha value is -1.39. The number of nitrogens with one attached hydrogen (secondary N) is 1. The molecule has 104 valence electrons. The van der Waals surface area contributed by atoms with Crippen molar-refractivity contribution in [2.75, 3.05) is 20.2 Å². The third kappa shape index (κ3) is 4.65. The Labute approximate surface area is 114 Å². The van der Waals surface area contributed by atoms with Gasteiger partial charge in [0, 0.05) is 19.2 Å². The molecule has 3 N–H and O–H groups in total. The number of methoxy groups -OCH3 is 1.